The van der Waals surface area contributed by atoms with Crippen LogP contribution in [0.1, 0.15) is 24.8 Å². The summed E-state index contributed by atoms with van der Waals surface area (Å²) in [5.41, 5.74) is 7.92. The molecule has 0 aromatic heterocycles. The summed E-state index contributed by atoms with van der Waals surface area (Å²) in [5, 5.41) is 3.05. The van der Waals surface area contributed by atoms with Gasteiger partial charge in [-0.3, -0.25) is 9.69 Å². The van der Waals surface area contributed by atoms with Gasteiger partial charge >= 0.3 is 0 Å². The second-order valence-corrected chi connectivity index (χ2v) is 6.61. The average molecular weight is 390 g/mol. The summed E-state index contributed by atoms with van der Waals surface area (Å²) in [6.07, 6.45) is 3.15. The molecule has 0 unspecified atom stereocenters. The molecule has 1 aromatic carbocycles. The van der Waals surface area contributed by atoms with Crippen molar-refractivity contribution >= 4 is 36.4 Å². The van der Waals surface area contributed by atoms with E-state index >= 15 is 0 Å². The minimum Gasteiger partial charge on any atom is -0.379 e. The Balaban J connectivity index is 0.00000156. The van der Waals surface area contributed by atoms with Crippen molar-refractivity contribution in [3.63, 3.8) is 0 Å². The van der Waals surface area contributed by atoms with Crippen molar-refractivity contribution in [2.24, 2.45) is 17.6 Å². The zero-order valence-corrected chi connectivity index (χ0v) is 16.1. The number of nitrogens with two attached hydrogens (primary N) is 1. The molecule has 1 saturated heterocycles. The van der Waals surface area contributed by atoms with Crippen LogP contribution < -0.4 is 11.1 Å². The molecule has 0 bridgehead atoms. The standard InChI is InChI=1S/C18H27N3O2.2ClH/c19-12-15-2-1-3-17(15)18(22)20-16-6-4-14(5-7-16)13-21-8-10-23-11-9-21;;/h4-7,15,17H,1-3,8-13,19H2,(H,20,22);2*1H/t15-,17-;;/m1../s1. The normalized spacial score (nSPS) is 23.4. The monoisotopic (exact) mass is 389 g/mol. The van der Waals surface area contributed by atoms with Gasteiger partial charge in [0, 0.05) is 31.2 Å². The Morgan fingerprint density at radius 3 is 2.48 bits per heavy atom. The van der Waals surface area contributed by atoms with Crippen molar-refractivity contribution < 1.29 is 9.53 Å². The van der Waals surface area contributed by atoms with E-state index in [2.05, 4.69) is 22.3 Å². The molecular weight excluding hydrogens is 361 g/mol. The lowest BCUT2D eigenvalue weighted by Crippen LogP contribution is -2.35. The topological polar surface area (TPSA) is 67.6 Å². The third-order valence-electron chi connectivity index (χ3n) is 5.03. The van der Waals surface area contributed by atoms with Crippen LogP contribution in [-0.4, -0.2) is 43.7 Å². The van der Waals surface area contributed by atoms with Crippen LogP contribution >= 0.6 is 24.8 Å². The maximum atomic E-state index is 12.4. The second-order valence-electron chi connectivity index (χ2n) is 6.61. The van der Waals surface area contributed by atoms with E-state index in [1.54, 1.807) is 0 Å². The van der Waals surface area contributed by atoms with Crippen molar-refractivity contribution in [1.82, 2.24) is 4.90 Å². The van der Waals surface area contributed by atoms with Crippen LogP contribution in [0.25, 0.3) is 0 Å². The number of nitrogens with one attached hydrogen (secondary N) is 1. The maximum Gasteiger partial charge on any atom is 0.227 e. The van der Waals surface area contributed by atoms with E-state index in [0.29, 0.717) is 12.5 Å². The number of ether oxygens (including phenoxy) is 1. The van der Waals surface area contributed by atoms with Crippen LogP contribution in [0.2, 0.25) is 0 Å². The van der Waals surface area contributed by atoms with Gasteiger partial charge in [-0.15, -0.1) is 24.8 Å². The summed E-state index contributed by atoms with van der Waals surface area (Å²) in [7, 11) is 0. The fourth-order valence-electron chi connectivity index (χ4n) is 3.61. The first-order valence-corrected chi connectivity index (χ1v) is 8.66. The summed E-state index contributed by atoms with van der Waals surface area (Å²) < 4.78 is 5.37. The number of carbonyl (C=O) groups excluding carboxylic acids is 1. The highest BCUT2D eigenvalue weighted by atomic mass is 35.5. The van der Waals surface area contributed by atoms with E-state index < -0.39 is 0 Å². The van der Waals surface area contributed by atoms with Crippen molar-refractivity contribution in [2.45, 2.75) is 25.8 Å². The molecule has 3 N–H and O–H groups in total. The van der Waals surface area contributed by atoms with E-state index in [4.69, 9.17) is 10.5 Å². The number of carbonyl (C=O) groups is 1. The van der Waals surface area contributed by atoms with Crippen LogP contribution in [-0.2, 0) is 16.1 Å². The summed E-state index contributed by atoms with van der Waals surface area (Å²) in [4.78, 5) is 14.8. The average Bonchev–Trinajstić information content (AvgIpc) is 3.06. The van der Waals surface area contributed by atoms with Crippen LogP contribution in [0.5, 0.6) is 0 Å². The molecule has 1 amide bonds. The molecule has 1 aliphatic heterocycles. The molecule has 25 heavy (non-hydrogen) atoms. The molecule has 2 fully saturated rings. The Hall–Kier alpha value is -0.850. The summed E-state index contributed by atoms with van der Waals surface area (Å²) in [6.45, 7) is 5.16. The molecule has 3 rings (SSSR count). The Kier molecular flexibility index (Phi) is 9.75. The molecule has 1 saturated carbocycles. The lowest BCUT2D eigenvalue weighted by molar-refractivity contribution is -0.120. The van der Waals surface area contributed by atoms with Gasteiger partial charge in [-0.2, -0.15) is 0 Å². The lowest BCUT2D eigenvalue weighted by Gasteiger charge is -2.26. The summed E-state index contributed by atoms with van der Waals surface area (Å²) in [5.74, 6) is 0.544. The maximum absolute atomic E-state index is 12.4. The number of morpholine rings is 1. The van der Waals surface area contributed by atoms with Gasteiger partial charge in [0.15, 0.2) is 0 Å². The van der Waals surface area contributed by atoms with E-state index in [9.17, 15) is 4.79 Å². The fraction of sp³-hybridized carbons (Fsp3) is 0.611. The SMILES string of the molecule is Cl.Cl.NC[C@H]1CCC[C@H]1C(=O)Nc1ccc(CN2CCOCC2)cc1. The molecule has 1 heterocycles. The van der Waals surface area contributed by atoms with Crippen LogP contribution in [0.3, 0.4) is 0 Å². The molecule has 1 aliphatic carbocycles. The second kappa shape index (κ2) is 11.0. The molecule has 2 atom stereocenters. The van der Waals surface area contributed by atoms with E-state index in [0.717, 1.165) is 57.8 Å². The smallest absolute Gasteiger partial charge is 0.227 e. The molecule has 2 aliphatic rings. The lowest BCUT2D eigenvalue weighted by atomic mass is 9.95. The Morgan fingerprint density at radius 2 is 1.84 bits per heavy atom. The predicted molar refractivity (Wildman–Crippen MR) is 106 cm³/mol. The number of benzene rings is 1. The predicted octanol–water partition coefficient (Wildman–Crippen LogP) is 2.68. The number of hydrogen-bond donors (Lipinski definition) is 2. The molecule has 5 nitrogen and oxygen atoms in total. The van der Waals surface area contributed by atoms with Gasteiger partial charge in [-0.05, 0) is 43.0 Å². The third kappa shape index (κ3) is 6.12. The zero-order chi connectivity index (χ0) is 16.1. The van der Waals surface area contributed by atoms with Crippen LogP contribution in [0.15, 0.2) is 24.3 Å². The summed E-state index contributed by atoms with van der Waals surface area (Å²) in [6, 6.07) is 8.19. The van der Waals surface area contributed by atoms with Crippen molar-refractivity contribution in [3.8, 4) is 0 Å². The van der Waals surface area contributed by atoms with Gasteiger partial charge in [-0.1, -0.05) is 18.6 Å². The Labute approximate surface area is 162 Å². The zero-order valence-electron chi connectivity index (χ0n) is 14.5. The molecule has 7 heteroatoms. The number of nitrogens with zero attached hydrogens (tertiary/aromatic N) is 1. The van der Waals surface area contributed by atoms with Crippen molar-refractivity contribution in [3.05, 3.63) is 29.8 Å². The van der Waals surface area contributed by atoms with Gasteiger partial charge < -0.3 is 15.8 Å². The van der Waals surface area contributed by atoms with Gasteiger partial charge in [0.1, 0.15) is 0 Å². The molecule has 142 valence electrons. The minimum atomic E-state index is 0. The van der Waals surface area contributed by atoms with Gasteiger partial charge in [0.25, 0.3) is 0 Å². The van der Waals surface area contributed by atoms with E-state index in [1.807, 2.05) is 12.1 Å². The number of halogens is 2. The number of amides is 1. The highest BCUT2D eigenvalue weighted by Gasteiger charge is 2.31. The molecule has 1 aromatic rings. The number of anilines is 1. The number of hydrogen-bond acceptors (Lipinski definition) is 4. The highest BCUT2D eigenvalue weighted by Crippen LogP contribution is 2.31. The van der Waals surface area contributed by atoms with Gasteiger partial charge in [0.05, 0.1) is 13.2 Å². The molecule has 0 radical (unpaired) electrons. The van der Waals surface area contributed by atoms with Crippen molar-refractivity contribution in [1.29, 1.82) is 0 Å². The Bertz CT molecular complexity index is 522. The van der Waals surface area contributed by atoms with Crippen LogP contribution in [0.4, 0.5) is 5.69 Å². The summed E-state index contributed by atoms with van der Waals surface area (Å²) >= 11 is 0. The molecule has 0 spiro atoms. The largest absolute Gasteiger partial charge is 0.379 e. The third-order valence-corrected chi connectivity index (χ3v) is 5.03. The van der Waals surface area contributed by atoms with E-state index in [-0.39, 0.29) is 36.6 Å². The van der Waals surface area contributed by atoms with E-state index in [1.165, 1.54) is 5.56 Å². The Morgan fingerprint density at radius 1 is 1.16 bits per heavy atom. The van der Waals surface area contributed by atoms with Crippen molar-refractivity contribution in [2.75, 3.05) is 38.2 Å². The quantitative estimate of drug-likeness (QED) is 0.811. The first kappa shape index (κ1) is 22.2. The molecular formula is C18H29Cl2N3O2. The van der Waals surface area contributed by atoms with Gasteiger partial charge in [0.2, 0.25) is 5.91 Å². The minimum absolute atomic E-state index is 0. The first-order valence-electron chi connectivity index (χ1n) is 8.66. The highest BCUT2D eigenvalue weighted by molar-refractivity contribution is 5.92. The van der Waals surface area contributed by atoms with Crippen LogP contribution in [0, 0.1) is 11.8 Å². The first-order chi connectivity index (χ1) is 11.3. The fourth-order valence-corrected chi connectivity index (χ4v) is 3.61. The number of rotatable bonds is 5. The van der Waals surface area contributed by atoms with Gasteiger partial charge in [-0.25, -0.2) is 0 Å².